The van der Waals surface area contributed by atoms with Gasteiger partial charge in [0, 0.05) is 49.2 Å². The van der Waals surface area contributed by atoms with Crippen LogP contribution in [-0.2, 0) is 6.42 Å². The number of methoxy groups -OCH3 is 1. The summed E-state index contributed by atoms with van der Waals surface area (Å²) in [4.78, 5) is 9.26. The van der Waals surface area contributed by atoms with Crippen LogP contribution in [0.3, 0.4) is 0 Å². The highest BCUT2D eigenvalue weighted by atomic mass is 19.1. The van der Waals surface area contributed by atoms with Gasteiger partial charge in [0.05, 0.1) is 12.6 Å². The molecule has 2 N–H and O–H groups in total. The van der Waals surface area contributed by atoms with Crippen LogP contribution in [0.15, 0.2) is 42.5 Å². The van der Waals surface area contributed by atoms with Crippen LogP contribution in [0.25, 0.3) is 10.9 Å². The maximum Gasteiger partial charge on any atom is 0.130 e. The lowest BCUT2D eigenvalue weighted by Gasteiger charge is -2.34. The fourth-order valence-corrected chi connectivity index (χ4v) is 3.72. The fraction of sp³-hybridized carbons (Fsp3) is 0.318. The molecule has 2 aromatic carbocycles. The van der Waals surface area contributed by atoms with Gasteiger partial charge in [-0.2, -0.15) is 0 Å². The first-order valence-corrected chi connectivity index (χ1v) is 9.49. The Balaban J connectivity index is 1.69. The van der Waals surface area contributed by atoms with Gasteiger partial charge in [-0.25, -0.2) is 9.37 Å². The molecule has 1 aliphatic rings. The van der Waals surface area contributed by atoms with E-state index >= 15 is 0 Å². The van der Waals surface area contributed by atoms with Gasteiger partial charge in [-0.15, -0.1) is 0 Å². The van der Waals surface area contributed by atoms with E-state index in [2.05, 4.69) is 34.0 Å². The SMILES string of the molecule is COc1cccc(F)c1Cc1cc2cc(N3CCN(C)CC3)ccc2nc1N. The minimum Gasteiger partial charge on any atom is -0.496 e. The van der Waals surface area contributed by atoms with E-state index in [0.29, 0.717) is 23.6 Å². The van der Waals surface area contributed by atoms with E-state index in [4.69, 9.17) is 10.5 Å². The van der Waals surface area contributed by atoms with Gasteiger partial charge in [-0.1, -0.05) is 6.07 Å². The second-order valence-electron chi connectivity index (χ2n) is 7.30. The Morgan fingerprint density at radius 3 is 2.64 bits per heavy atom. The van der Waals surface area contributed by atoms with Crippen molar-refractivity contribution in [3.8, 4) is 5.75 Å². The normalized spacial score (nSPS) is 15.2. The summed E-state index contributed by atoms with van der Waals surface area (Å²) in [7, 11) is 3.69. The Labute approximate surface area is 164 Å². The number of pyridine rings is 1. The number of aromatic nitrogens is 1. The summed E-state index contributed by atoms with van der Waals surface area (Å²) in [5.74, 6) is 0.640. The highest BCUT2D eigenvalue weighted by molar-refractivity contribution is 5.85. The van der Waals surface area contributed by atoms with E-state index in [1.54, 1.807) is 19.2 Å². The zero-order valence-electron chi connectivity index (χ0n) is 16.3. The monoisotopic (exact) mass is 380 g/mol. The predicted molar refractivity (Wildman–Crippen MR) is 112 cm³/mol. The molecule has 6 heteroatoms. The highest BCUT2D eigenvalue weighted by Gasteiger charge is 2.16. The third-order valence-corrected chi connectivity index (χ3v) is 5.44. The number of nitrogens with zero attached hydrogens (tertiary/aromatic N) is 3. The Kier molecular flexibility index (Phi) is 5.05. The largest absolute Gasteiger partial charge is 0.496 e. The summed E-state index contributed by atoms with van der Waals surface area (Å²) in [5, 5.41) is 1.01. The van der Waals surface area contributed by atoms with Crippen LogP contribution in [0.2, 0.25) is 0 Å². The average molecular weight is 380 g/mol. The lowest BCUT2D eigenvalue weighted by Crippen LogP contribution is -2.44. The minimum atomic E-state index is -0.301. The van der Waals surface area contributed by atoms with Crippen LogP contribution in [0.1, 0.15) is 11.1 Å². The summed E-state index contributed by atoms with van der Waals surface area (Å²) in [6, 6.07) is 13.1. The molecule has 0 atom stereocenters. The first-order valence-electron chi connectivity index (χ1n) is 9.49. The predicted octanol–water partition coefficient (Wildman–Crippen LogP) is 3.31. The van der Waals surface area contributed by atoms with Crippen molar-refractivity contribution in [2.75, 3.05) is 51.0 Å². The summed E-state index contributed by atoms with van der Waals surface area (Å²) in [6.07, 6.45) is 0.337. The van der Waals surface area contributed by atoms with Gasteiger partial charge in [0.25, 0.3) is 0 Å². The van der Waals surface area contributed by atoms with Crippen LogP contribution in [-0.4, -0.2) is 50.2 Å². The van der Waals surface area contributed by atoms with Crippen LogP contribution in [0, 0.1) is 5.82 Å². The Morgan fingerprint density at radius 2 is 1.89 bits per heavy atom. The number of benzene rings is 2. The van der Waals surface area contributed by atoms with Crippen molar-refractivity contribution >= 4 is 22.4 Å². The van der Waals surface area contributed by atoms with E-state index in [1.165, 1.54) is 11.8 Å². The van der Waals surface area contributed by atoms with Crippen LogP contribution in [0.5, 0.6) is 5.75 Å². The molecule has 1 saturated heterocycles. The third-order valence-electron chi connectivity index (χ3n) is 5.44. The Bertz CT molecular complexity index is 999. The van der Waals surface area contributed by atoms with Crippen LogP contribution < -0.4 is 15.4 Å². The maximum atomic E-state index is 14.4. The first kappa shape index (κ1) is 18.5. The van der Waals surface area contributed by atoms with Crippen molar-refractivity contribution in [2.24, 2.45) is 0 Å². The van der Waals surface area contributed by atoms with Gasteiger partial charge in [-0.05, 0) is 49.0 Å². The van der Waals surface area contributed by atoms with Gasteiger partial charge in [0.2, 0.25) is 0 Å². The highest BCUT2D eigenvalue weighted by Crippen LogP contribution is 2.29. The first-order chi connectivity index (χ1) is 13.5. The second kappa shape index (κ2) is 7.64. The van der Waals surface area contributed by atoms with E-state index in [0.717, 1.165) is 42.6 Å². The van der Waals surface area contributed by atoms with Crippen molar-refractivity contribution in [2.45, 2.75) is 6.42 Å². The van der Waals surface area contributed by atoms with Gasteiger partial charge in [-0.3, -0.25) is 0 Å². The lowest BCUT2D eigenvalue weighted by atomic mass is 10.0. The zero-order chi connectivity index (χ0) is 19.7. The number of nitrogen functional groups attached to an aromatic ring is 1. The number of hydrogen-bond acceptors (Lipinski definition) is 5. The van der Waals surface area contributed by atoms with Gasteiger partial charge in [0.1, 0.15) is 17.4 Å². The molecular formula is C22H25FN4O. The molecule has 146 valence electrons. The molecule has 5 nitrogen and oxygen atoms in total. The molecule has 1 aromatic heterocycles. The summed E-state index contributed by atoms with van der Waals surface area (Å²) < 4.78 is 19.7. The standard InChI is InChI=1S/C22H25FN4O/c1-26-8-10-27(11-9-26)17-6-7-20-15(13-17)12-16(22(24)25-20)14-18-19(23)4-3-5-21(18)28-2/h3-7,12-13H,8-11,14H2,1-2H3,(H2,24,25). The lowest BCUT2D eigenvalue weighted by molar-refractivity contribution is 0.313. The third kappa shape index (κ3) is 3.60. The van der Waals surface area contributed by atoms with Crippen molar-refractivity contribution in [3.05, 3.63) is 59.4 Å². The van der Waals surface area contributed by atoms with Gasteiger partial charge < -0.3 is 20.3 Å². The number of ether oxygens (including phenoxy) is 1. The molecule has 28 heavy (non-hydrogen) atoms. The smallest absolute Gasteiger partial charge is 0.130 e. The number of anilines is 2. The number of hydrogen-bond donors (Lipinski definition) is 1. The second-order valence-corrected chi connectivity index (χ2v) is 7.30. The zero-order valence-corrected chi connectivity index (χ0v) is 16.3. The summed E-state index contributed by atoms with van der Waals surface area (Å²) >= 11 is 0. The molecule has 2 heterocycles. The molecule has 0 unspecified atom stereocenters. The number of fused-ring (bicyclic) bond motifs is 1. The Morgan fingerprint density at radius 1 is 1.11 bits per heavy atom. The number of rotatable bonds is 4. The quantitative estimate of drug-likeness (QED) is 0.753. The van der Waals surface area contributed by atoms with E-state index < -0.39 is 0 Å². The van der Waals surface area contributed by atoms with Crippen LogP contribution >= 0.6 is 0 Å². The number of nitrogens with two attached hydrogens (primary N) is 1. The fourth-order valence-electron chi connectivity index (χ4n) is 3.72. The van der Waals surface area contributed by atoms with Crippen molar-refractivity contribution < 1.29 is 9.13 Å². The molecule has 3 aromatic rings. The molecular weight excluding hydrogens is 355 g/mol. The number of likely N-dealkylation sites (N-methyl/N-ethyl adjacent to an activating group) is 1. The van der Waals surface area contributed by atoms with E-state index in [1.807, 2.05) is 12.1 Å². The van der Waals surface area contributed by atoms with Crippen LogP contribution in [0.4, 0.5) is 15.9 Å². The minimum absolute atomic E-state index is 0.301. The number of piperazine rings is 1. The van der Waals surface area contributed by atoms with Gasteiger partial charge in [0.15, 0.2) is 0 Å². The molecule has 0 amide bonds. The molecule has 1 aliphatic heterocycles. The van der Waals surface area contributed by atoms with Crippen molar-refractivity contribution in [1.82, 2.24) is 9.88 Å². The summed E-state index contributed by atoms with van der Waals surface area (Å²) in [6.45, 7) is 4.11. The molecule has 0 radical (unpaired) electrons. The molecule has 0 saturated carbocycles. The maximum absolute atomic E-state index is 14.4. The van der Waals surface area contributed by atoms with Crippen molar-refractivity contribution in [1.29, 1.82) is 0 Å². The molecule has 1 fully saturated rings. The molecule has 4 rings (SSSR count). The number of halogens is 1. The molecule has 0 aliphatic carbocycles. The average Bonchev–Trinajstić information content (AvgIpc) is 2.70. The molecule has 0 spiro atoms. The molecule has 0 bridgehead atoms. The Hall–Kier alpha value is -2.86. The summed E-state index contributed by atoms with van der Waals surface area (Å²) in [5.41, 5.74) is 9.50. The van der Waals surface area contributed by atoms with E-state index in [-0.39, 0.29) is 5.82 Å². The topological polar surface area (TPSA) is 54.6 Å². The van der Waals surface area contributed by atoms with Gasteiger partial charge >= 0.3 is 0 Å². The van der Waals surface area contributed by atoms with E-state index in [9.17, 15) is 4.39 Å². The van der Waals surface area contributed by atoms with Crippen molar-refractivity contribution in [3.63, 3.8) is 0 Å².